The lowest BCUT2D eigenvalue weighted by Crippen LogP contribution is -2.32. The molecule has 2 aromatic heterocycles. The van der Waals surface area contributed by atoms with Gasteiger partial charge in [0.1, 0.15) is 24.4 Å². The number of aliphatic hydroxyl groups excluding tert-OH is 2. The summed E-state index contributed by atoms with van der Waals surface area (Å²) in [6.07, 6.45) is -2.33. The average Bonchev–Trinajstić information content (AvgIpc) is 3.15. The summed E-state index contributed by atoms with van der Waals surface area (Å²) >= 11 is 4.18. The van der Waals surface area contributed by atoms with Crippen LogP contribution >= 0.6 is 12.6 Å². The number of aryl methyl sites for hydroxylation is 1. The molecule has 3 heterocycles. The second-order valence-corrected chi connectivity index (χ2v) is 6.70. The highest BCUT2D eigenvalue weighted by atomic mass is 32.1. The number of anilines is 1. The average molecular weight is 373 g/mol. The largest absolute Gasteiger partial charge is 0.387 e. The van der Waals surface area contributed by atoms with E-state index >= 15 is 0 Å². The Balaban J connectivity index is 1.93. The molecule has 0 radical (unpaired) electrons. The van der Waals surface area contributed by atoms with Gasteiger partial charge in [-0.2, -0.15) is 12.6 Å². The Labute approximate surface area is 155 Å². The van der Waals surface area contributed by atoms with Crippen molar-refractivity contribution in [2.45, 2.75) is 31.5 Å². The molecule has 0 spiro atoms. The number of hydrogen-bond acceptors (Lipinski definition) is 8. The fraction of sp³-hybridized carbons (Fsp3) is 0.353. The molecule has 1 aromatic carbocycles. The molecule has 0 bridgehead atoms. The van der Waals surface area contributed by atoms with Crippen molar-refractivity contribution in [3.05, 3.63) is 36.2 Å². The van der Waals surface area contributed by atoms with E-state index in [-0.39, 0.29) is 11.6 Å². The van der Waals surface area contributed by atoms with Gasteiger partial charge in [0, 0.05) is 11.3 Å². The fourth-order valence-corrected chi connectivity index (χ4v) is 3.47. The molecule has 1 aliphatic rings. The number of nitrogen functional groups attached to an aromatic ring is 1. The monoisotopic (exact) mass is 373 g/mol. The first-order valence-corrected chi connectivity index (χ1v) is 8.82. The van der Waals surface area contributed by atoms with E-state index in [1.54, 1.807) is 4.57 Å². The SMILES string of the molecule is Cc1ccc(-c2nc3c(N)ncnc3n2[C@@H]2O[C@H](CS)[C@@H](O)[C@H]2O)cc1. The topological polar surface area (TPSA) is 119 Å². The van der Waals surface area contributed by atoms with E-state index < -0.39 is 24.5 Å². The third-order valence-corrected chi connectivity index (χ3v) is 4.95. The molecule has 0 aliphatic carbocycles. The normalized spacial score (nSPS) is 25.8. The van der Waals surface area contributed by atoms with E-state index in [2.05, 4.69) is 27.6 Å². The Kier molecular flexibility index (Phi) is 4.31. The molecule has 1 saturated heterocycles. The van der Waals surface area contributed by atoms with Crippen LogP contribution in [0.1, 0.15) is 11.8 Å². The highest BCUT2D eigenvalue weighted by molar-refractivity contribution is 7.80. The van der Waals surface area contributed by atoms with Gasteiger partial charge in [0.2, 0.25) is 0 Å². The van der Waals surface area contributed by atoms with Gasteiger partial charge in [0.25, 0.3) is 0 Å². The lowest BCUT2D eigenvalue weighted by Gasteiger charge is -2.19. The Bertz CT molecular complexity index is 945. The second kappa shape index (κ2) is 6.51. The number of hydrogen-bond donors (Lipinski definition) is 4. The number of aromatic nitrogens is 4. The molecule has 0 unspecified atom stereocenters. The lowest BCUT2D eigenvalue weighted by molar-refractivity contribution is -0.0277. The third-order valence-electron chi connectivity index (χ3n) is 4.59. The predicted molar refractivity (Wildman–Crippen MR) is 99.7 cm³/mol. The van der Waals surface area contributed by atoms with Crippen LogP contribution < -0.4 is 5.73 Å². The van der Waals surface area contributed by atoms with E-state index in [1.165, 1.54) is 6.33 Å². The first-order valence-electron chi connectivity index (χ1n) is 8.19. The van der Waals surface area contributed by atoms with Gasteiger partial charge in [0.05, 0.1) is 6.10 Å². The summed E-state index contributed by atoms with van der Waals surface area (Å²) in [6.45, 7) is 1.99. The summed E-state index contributed by atoms with van der Waals surface area (Å²) in [5.74, 6) is 1.04. The van der Waals surface area contributed by atoms with E-state index in [9.17, 15) is 10.2 Å². The standard InChI is InChI=1S/C17H19N5O3S/c1-8-2-4-9(5-3-8)15-21-11-14(18)19-7-20-16(11)22(15)17-13(24)12(23)10(6-26)25-17/h2-5,7,10,12-13,17,23-24,26H,6H2,1H3,(H2,18,19,20)/t10-,12-,13-,17-/m1/s1. The summed E-state index contributed by atoms with van der Waals surface area (Å²) in [7, 11) is 0. The zero-order valence-electron chi connectivity index (χ0n) is 14.0. The number of imidazole rings is 1. The Morgan fingerprint density at radius 1 is 1.19 bits per heavy atom. The first kappa shape index (κ1) is 17.2. The minimum atomic E-state index is -1.15. The van der Waals surface area contributed by atoms with Crippen LogP contribution in [0.3, 0.4) is 0 Å². The van der Waals surface area contributed by atoms with Crippen LogP contribution in [0, 0.1) is 6.92 Å². The zero-order chi connectivity index (χ0) is 18.4. The van der Waals surface area contributed by atoms with Gasteiger partial charge in [-0.25, -0.2) is 15.0 Å². The van der Waals surface area contributed by atoms with Crippen LogP contribution in [0.4, 0.5) is 5.82 Å². The number of rotatable bonds is 3. The highest BCUT2D eigenvalue weighted by Gasteiger charge is 2.44. The minimum absolute atomic E-state index is 0.237. The van der Waals surface area contributed by atoms with Crippen molar-refractivity contribution in [3.8, 4) is 11.4 Å². The van der Waals surface area contributed by atoms with Gasteiger partial charge < -0.3 is 20.7 Å². The fourth-order valence-electron chi connectivity index (χ4n) is 3.17. The van der Waals surface area contributed by atoms with E-state index in [0.29, 0.717) is 17.0 Å². The number of nitrogens with two attached hydrogens (primary N) is 1. The number of thiol groups is 1. The minimum Gasteiger partial charge on any atom is -0.387 e. The maximum Gasteiger partial charge on any atom is 0.168 e. The molecule has 26 heavy (non-hydrogen) atoms. The molecule has 1 aliphatic heterocycles. The number of aliphatic hydroxyl groups is 2. The van der Waals surface area contributed by atoms with Crippen LogP contribution in [-0.2, 0) is 4.74 Å². The second-order valence-electron chi connectivity index (χ2n) is 6.33. The van der Waals surface area contributed by atoms with Crippen molar-refractivity contribution >= 4 is 29.6 Å². The summed E-state index contributed by atoms with van der Waals surface area (Å²) < 4.78 is 7.52. The van der Waals surface area contributed by atoms with E-state index in [1.807, 2.05) is 31.2 Å². The molecule has 9 heteroatoms. The van der Waals surface area contributed by atoms with E-state index in [4.69, 9.17) is 10.5 Å². The Morgan fingerprint density at radius 3 is 2.58 bits per heavy atom. The number of fused-ring (bicyclic) bond motifs is 1. The molecular formula is C17H19N5O3S. The van der Waals surface area contributed by atoms with Crippen LogP contribution in [0.2, 0.25) is 0 Å². The molecule has 4 rings (SSSR count). The van der Waals surface area contributed by atoms with Crippen LogP contribution in [0.25, 0.3) is 22.6 Å². The van der Waals surface area contributed by atoms with Gasteiger partial charge in [-0.1, -0.05) is 29.8 Å². The van der Waals surface area contributed by atoms with Gasteiger partial charge in [0.15, 0.2) is 23.2 Å². The number of ether oxygens (including phenoxy) is 1. The molecule has 4 N–H and O–H groups in total. The van der Waals surface area contributed by atoms with Crippen molar-refractivity contribution in [3.63, 3.8) is 0 Å². The van der Waals surface area contributed by atoms with Crippen LogP contribution in [-0.4, -0.2) is 53.8 Å². The van der Waals surface area contributed by atoms with Crippen molar-refractivity contribution < 1.29 is 14.9 Å². The Morgan fingerprint density at radius 2 is 1.92 bits per heavy atom. The van der Waals surface area contributed by atoms with Crippen LogP contribution in [0.5, 0.6) is 0 Å². The molecule has 1 fully saturated rings. The third kappa shape index (κ3) is 2.64. The first-order chi connectivity index (χ1) is 12.5. The van der Waals surface area contributed by atoms with Gasteiger partial charge in [-0.3, -0.25) is 4.57 Å². The number of nitrogens with zero attached hydrogens (tertiary/aromatic N) is 4. The van der Waals surface area contributed by atoms with E-state index in [0.717, 1.165) is 11.1 Å². The molecule has 4 atom stereocenters. The number of benzene rings is 1. The summed E-state index contributed by atoms with van der Waals surface area (Å²) in [5.41, 5.74) is 8.74. The Hall–Kier alpha value is -2.20. The summed E-state index contributed by atoms with van der Waals surface area (Å²) in [6, 6.07) is 7.77. The van der Waals surface area contributed by atoms with Crippen LogP contribution in [0.15, 0.2) is 30.6 Å². The highest BCUT2D eigenvalue weighted by Crippen LogP contribution is 2.36. The summed E-state index contributed by atoms with van der Waals surface area (Å²) in [4.78, 5) is 12.9. The van der Waals surface area contributed by atoms with Crippen molar-refractivity contribution in [1.29, 1.82) is 0 Å². The predicted octanol–water partition coefficient (Wildman–Crippen LogP) is 0.933. The van der Waals surface area contributed by atoms with Crippen molar-refractivity contribution in [2.75, 3.05) is 11.5 Å². The molecule has 8 nitrogen and oxygen atoms in total. The van der Waals surface area contributed by atoms with Gasteiger partial charge in [-0.05, 0) is 6.92 Å². The maximum absolute atomic E-state index is 10.5. The van der Waals surface area contributed by atoms with Crippen molar-refractivity contribution in [2.24, 2.45) is 0 Å². The zero-order valence-corrected chi connectivity index (χ0v) is 14.9. The maximum atomic E-state index is 10.5. The smallest absolute Gasteiger partial charge is 0.168 e. The molecule has 3 aromatic rings. The summed E-state index contributed by atoms with van der Waals surface area (Å²) in [5, 5.41) is 20.8. The molecule has 0 saturated carbocycles. The molecular weight excluding hydrogens is 354 g/mol. The quantitative estimate of drug-likeness (QED) is 0.504. The molecule has 136 valence electrons. The van der Waals surface area contributed by atoms with Gasteiger partial charge >= 0.3 is 0 Å². The van der Waals surface area contributed by atoms with Gasteiger partial charge in [-0.15, -0.1) is 0 Å². The molecule has 0 amide bonds. The lowest BCUT2D eigenvalue weighted by atomic mass is 10.1. The van der Waals surface area contributed by atoms with Crippen molar-refractivity contribution in [1.82, 2.24) is 19.5 Å².